The summed E-state index contributed by atoms with van der Waals surface area (Å²) in [5.41, 5.74) is 11.0. The van der Waals surface area contributed by atoms with Gasteiger partial charge in [-0.25, -0.2) is 0 Å². The van der Waals surface area contributed by atoms with Crippen LogP contribution in [0, 0.1) is 13.8 Å². The number of nitrogens with two attached hydrogens (primary N) is 1. The molecule has 15 heavy (non-hydrogen) atoms. The lowest BCUT2D eigenvalue weighted by molar-refractivity contribution is 0.771. The molecule has 0 saturated carbocycles. The van der Waals surface area contributed by atoms with Crippen molar-refractivity contribution >= 4 is 5.69 Å². The molecule has 0 aliphatic carbocycles. The zero-order chi connectivity index (χ0) is 11.0. The van der Waals surface area contributed by atoms with E-state index in [2.05, 4.69) is 37.1 Å². The largest absolute Gasteiger partial charge is 0.396 e. The van der Waals surface area contributed by atoms with Crippen molar-refractivity contribution in [2.24, 2.45) is 7.05 Å². The Bertz CT molecular complexity index is 477. The van der Waals surface area contributed by atoms with E-state index in [1.54, 1.807) is 4.68 Å². The van der Waals surface area contributed by atoms with Gasteiger partial charge >= 0.3 is 0 Å². The first kappa shape index (κ1) is 9.77. The van der Waals surface area contributed by atoms with Crippen molar-refractivity contribution in [3.63, 3.8) is 0 Å². The second-order valence-corrected chi connectivity index (χ2v) is 3.98. The third kappa shape index (κ3) is 1.86. The molecule has 2 rings (SSSR count). The molecule has 0 aliphatic rings. The highest BCUT2D eigenvalue weighted by atomic mass is 15.3. The first-order chi connectivity index (χ1) is 7.06. The summed E-state index contributed by atoms with van der Waals surface area (Å²) in [6.07, 6.45) is 1.83. The smallest absolute Gasteiger partial charge is 0.115 e. The molecule has 0 fully saturated rings. The fourth-order valence-corrected chi connectivity index (χ4v) is 1.84. The number of nitrogen functional groups attached to an aromatic ring is 1. The number of anilines is 1. The fraction of sp³-hybridized carbons (Fsp3) is 0.250. The van der Waals surface area contributed by atoms with Crippen molar-refractivity contribution in [2.45, 2.75) is 13.8 Å². The van der Waals surface area contributed by atoms with Gasteiger partial charge in [-0.05, 0) is 26.0 Å². The quantitative estimate of drug-likeness (QED) is 0.769. The van der Waals surface area contributed by atoms with Crippen LogP contribution < -0.4 is 5.73 Å². The monoisotopic (exact) mass is 201 g/mol. The summed E-state index contributed by atoms with van der Waals surface area (Å²) in [5, 5.41) is 4.35. The Morgan fingerprint density at radius 3 is 2.20 bits per heavy atom. The molecule has 1 heterocycles. The Morgan fingerprint density at radius 1 is 1.13 bits per heavy atom. The maximum Gasteiger partial charge on any atom is 0.115 e. The van der Waals surface area contributed by atoms with E-state index < -0.39 is 0 Å². The van der Waals surface area contributed by atoms with Crippen LogP contribution in [0.2, 0.25) is 0 Å². The molecule has 0 amide bonds. The van der Waals surface area contributed by atoms with Crippen molar-refractivity contribution < 1.29 is 0 Å². The van der Waals surface area contributed by atoms with Gasteiger partial charge in [-0.2, -0.15) is 5.10 Å². The average Bonchev–Trinajstić information content (AvgIpc) is 2.43. The maximum atomic E-state index is 5.89. The summed E-state index contributed by atoms with van der Waals surface area (Å²) < 4.78 is 1.74. The molecule has 1 aromatic heterocycles. The van der Waals surface area contributed by atoms with Crippen LogP contribution in [0.5, 0.6) is 0 Å². The van der Waals surface area contributed by atoms with Gasteiger partial charge in [0, 0.05) is 18.8 Å². The predicted molar refractivity (Wildman–Crippen MR) is 62.5 cm³/mol. The van der Waals surface area contributed by atoms with Gasteiger partial charge in [-0.1, -0.05) is 17.2 Å². The summed E-state index contributed by atoms with van der Waals surface area (Å²) in [6, 6.07) is 6.35. The first-order valence-electron chi connectivity index (χ1n) is 4.94. The lowest BCUT2D eigenvalue weighted by Gasteiger charge is -2.02. The lowest BCUT2D eigenvalue weighted by atomic mass is 10.0. The van der Waals surface area contributed by atoms with Crippen molar-refractivity contribution in [3.05, 3.63) is 35.5 Å². The Morgan fingerprint density at radius 2 is 1.73 bits per heavy atom. The van der Waals surface area contributed by atoms with Gasteiger partial charge in [0.05, 0.1) is 5.69 Å². The van der Waals surface area contributed by atoms with Gasteiger partial charge in [-0.15, -0.1) is 0 Å². The minimum Gasteiger partial charge on any atom is -0.396 e. The summed E-state index contributed by atoms with van der Waals surface area (Å²) in [6.45, 7) is 4.16. The van der Waals surface area contributed by atoms with Gasteiger partial charge < -0.3 is 5.73 Å². The summed E-state index contributed by atoms with van der Waals surface area (Å²) >= 11 is 0. The van der Waals surface area contributed by atoms with Crippen LogP contribution in [0.15, 0.2) is 24.4 Å². The molecular weight excluding hydrogens is 186 g/mol. The average molecular weight is 201 g/mol. The van der Waals surface area contributed by atoms with Crippen molar-refractivity contribution in [1.82, 2.24) is 9.78 Å². The highest BCUT2D eigenvalue weighted by Crippen LogP contribution is 2.25. The van der Waals surface area contributed by atoms with Crippen LogP contribution in [-0.4, -0.2) is 9.78 Å². The second-order valence-electron chi connectivity index (χ2n) is 3.98. The zero-order valence-corrected chi connectivity index (χ0v) is 9.28. The minimum absolute atomic E-state index is 0.725. The lowest BCUT2D eigenvalue weighted by Crippen LogP contribution is -1.90. The van der Waals surface area contributed by atoms with Gasteiger partial charge in [-0.3, -0.25) is 4.68 Å². The maximum absolute atomic E-state index is 5.89. The van der Waals surface area contributed by atoms with Gasteiger partial charge in [0.15, 0.2) is 0 Å². The van der Waals surface area contributed by atoms with Crippen LogP contribution in [0.1, 0.15) is 11.1 Å². The predicted octanol–water partition coefficient (Wildman–Crippen LogP) is 2.29. The molecule has 78 valence electrons. The number of benzene rings is 1. The number of hydrogen-bond acceptors (Lipinski definition) is 2. The molecule has 0 unspecified atom stereocenters. The molecule has 0 bridgehead atoms. The molecular formula is C12H15N3. The third-order valence-electron chi connectivity index (χ3n) is 2.35. The van der Waals surface area contributed by atoms with Crippen LogP contribution in [0.25, 0.3) is 11.3 Å². The third-order valence-corrected chi connectivity index (χ3v) is 2.35. The van der Waals surface area contributed by atoms with Crippen molar-refractivity contribution in [1.29, 1.82) is 0 Å². The Hall–Kier alpha value is -1.77. The molecule has 1 aromatic carbocycles. The van der Waals surface area contributed by atoms with Crippen molar-refractivity contribution in [3.8, 4) is 11.3 Å². The molecule has 0 aliphatic heterocycles. The van der Waals surface area contributed by atoms with Gasteiger partial charge in [0.2, 0.25) is 0 Å². The van der Waals surface area contributed by atoms with E-state index in [1.165, 1.54) is 11.1 Å². The Balaban J connectivity index is 2.58. The minimum atomic E-state index is 0.725. The van der Waals surface area contributed by atoms with E-state index in [0.29, 0.717) is 0 Å². The van der Waals surface area contributed by atoms with E-state index in [9.17, 15) is 0 Å². The molecule has 0 spiro atoms. The van der Waals surface area contributed by atoms with Crippen LogP contribution in [0.3, 0.4) is 0 Å². The standard InChI is InChI=1S/C12H15N3/c1-8-4-9(2)6-10(5-8)12-11(13)7-15(3)14-12/h4-7H,13H2,1-3H3. The van der Waals surface area contributed by atoms with E-state index in [0.717, 1.165) is 16.9 Å². The van der Waals surface area contributed by atoms with Crippen LogP contribution in [-0.2, 0) is 7.05 Å². The molecule has 0 atom stereocenters. The zero-order valence-electron chi connectivity index (χ0n) is 9.28. The van der Waals surface area contributed by atoms with E-state index >= 15 is 0 Å². The van der Waals surface area contributed by atoms with Crippen LogP contribution >= 0.6 is 0 Å². The molecule has 3 heteroatoms. The second kappa shape index (κ2) is 3.42. The topological polar surface area (TPSA) is 43.8 Å². The van der Waals surface area contributed by atoms with Gasteiger partial charge in [0.25, 0.3) is 0 Å². The first-order valence-corrected chi connectivity index (χ1v) is 4.94. The highest BCUT2D eigenvalue weighted by molar-refractivity contribution is 5.72. The van der Waals surface area contributed by atoms with E-state index in [1.807, 2.05) is 13.2 Å². The van der Waals surface area contributed by atoms with E-state index in [-0.39, 0.29) is 0 Å². The normalized spacial score (nSPS) is 10.6. The van der Waals surface area contributed by atoms with Crippen LogP contribution in [0.4, 0.5) is 5.69 Å². The Kier molecular flexibility index (Phi) is 2.23. The summed E-state index contributed by atoms with van der Waals surface area (Å²) in [4.78, 5) is 0. The molecule has 3 nitrogen and oxygen atoms in total. The molecule has 0 saturated heterocycles. The van der Waals surface area contributed by atoms with Crippen molar-refractivity contribution in [2.75, 3.05) is 5.73 Å². The number of rotatable bonds is 1. The molecule has 2 N–H and O–H groups in total. The Labute approximate surface area is 89.5 Å². The summed E-state index contributed by atoms with van der Waals surface area (Å²) in [7, 11) is 1.88. The molecule has 0 radical (unpaired) electrons. The fourth-order valence-electron chi connectivity index (χ4n) is 1.84. The number of nitrogens with zero attached hydrogens (tertiary/aromatic N) is 2. The highest BCUT2D eigenvalue weighted by Gasteiger charge is 2.07. The SMILES string of the molecule is Cc1cc(C)cc(-c2nn(C)cc2N)c1. The number of aromatic nitrogens is 2. The number of hydrogen-bond donors (Lipinski definition) is 1. The number of aryl methyl sites for hydroxylation is 3. The van der Waals surface area contributed by atoms with Gasteiger partial charge in [0.1, 0.15) is 5.69 Å². The summed E-state index contributed by atoms with van der Waals surface area (Å²) in [5.74, 6) is 0. The molecule has 2 aromatic rings. The van der Waals surface area contributed by atoms with E-state index in [4.69, 9.17) is 5.73 Å².